The first-order chi connectivity index (χ1) is 9.24. The molecule has 0 aromatic heterocycles. The summed E-state index contributed by atoms with van der Waals surface area (Å²) in [5.41, 5.74) is 1.79. The van der Waals surface area contributed by atoms with Gasteiger partial charge in [0.15, 0.2) is 0 Å². The Labute approximate surface area is 115 Å². The van der Waals surface area contributed by atoms with Crippen LogP contribution >= 0.6 is 0 Å². The molecule has 2 fully saturated rings. The summed E-state index contributed by atoms with van der Waals surface area (Å²) in [4.78, 5) is 2.60. The Morgan fingerprint density at radius 2 is 2.00 bits per heavy atom. The van der Waals surface area contributed by atoms with Gasteiger partial charge in [0, 0.05) is 12.6 Å². The van der Waals surface area contributed by atoms with Crippen LogP contribution in [0.4, 0.5) is 0 Å². The van der Waals surface area contributed by atoms with Crippen LogP contribution in [-0.2, 0) is 6.54 Å². The second kappa shape index (κ2) is 5.65. The van der Waals surface area contributed by atoms with Crippen LogP contribution in [0.5, 0.6) is 0 Å². The fourth-order valence-corrected chi connectivity index (χ4v) is 3.84. The number of likely N-dealkylation sites (tertiary alicyclic amines) is 1. The van der Waals surface area contributed by atoms with Gasteiger partial charge in [-0.3, -0.25) is 4.90 Å². The molecular weight excluding hydrogens is 237 g/mol. The summed E-state index contributed by atoms with van der Waals surface area (Å²) in [7, 11) is -1.36. The zero-order valence-electron chi connectivity index (χ0n) is 11.3. The van der Waals surface area contributed by atoms with E-state index in [1.165, 1.54) is 44.2 Å². The van der Waals surface area contributed by atoms with Crippen LogP contribution in [0.15, 0.2) is 24.3 Å². The fraction of sp³-hybridized carbons (Fsp3) is 0.600. The predicted molar refractivity (Wildman–Crippen MR) is 77.0 cm³/mol. The van der Waals surface area contributed by atoms with Gasteiger partial charge >= 0.3 is 7.12 Å². The lowest BCUT2D eigenvalue weighted by Gasteiger charge is -2.37. The van der Waals surface area contributed by atoms with Crippen LogP contribution in [0.2, 0.25) is 0 Å². The first-order valence-corrected chi connectivity index (χ1v) is 7.43. The highest BCUT2D eigenvalue weighted by atomic mass is 16.4. The number of benzene rings is 1. The number of fused-ring (bicyclic) bond motifs is 1. The first-order valence-electron chi connectivity index (χ1n) is 7.43. The van der Waals surface area contributed by atoms with Gasteiger partial charge < -0.3 is 10.0 Å². The molecule has 2 N–H and O–H groups in total. The van der Waals surface area contributed by atoms with Gasteiger partial charge in [-0.2, -0.15) is 0 Å². The van der Waals surface area contributed by atoms with Crippen LogP contribution < -0.4 is 5.46 Å². The molecule has 1 heterocycles. The highest BCUT2D eigenvalue weighted by Crippen LogP contribution is 2.37. The third-order valence-electron chi connectivity index (χ3n) is 4.74. The molecule has 0 bridgehead atoms. The van der Waals surface area contributed by atoms with Crippen molar-refractivity contribution in [2.75, 3.05) is 6.54 Å². The van der Waals surface area contributed by atoms with Gasteiger partial charge in [-0.15, -0.1) is 0 Å². The van der Waals surface area contributed by atoms with E-state index in [9.17, 15) is 10.0 Å². The summed E-state index contributed by atoms with van der Waals surface area (Å²) in [6, 6.07) is 8.45. The van der Waals surface area contributed by atoms with Crippen molar-refractivity contribution in [1.29, 1.82) is 0 Å². The minimum absolute atomic E-state index is 0.595. The number of hydrogen-bond donors (Lipinski definition) is 2. The SMILES string of the molecule is OB(O)c1cccc(CN2CCCC3CCCC32)c1. The van der Waals surface area contributed by atoms with Gasteiger partial charge in [0.05, 0.1) is 0 Å². The summed E-state index contributed by atoms with van der Waals surface area (Å²) < 4.78 is 0. The maximum Gasteiger partial charge on any atom is 0.488 e. The van der Waals surface area contributed by atoms with Crippen molar-refractivity contribution in [2.24, 2.45) is 5.92 Å². The smallest absolute Gasteiger partial charge is 0.423 e. The Hall–Kier alpha value is -0.835. The molecule has 1 aliphatic heterocycles. The molecule has 0 amide bonds. The largest absolute Gasteiger partial charge is 0.488 e. The molecule has 19 heavy (non-hydrogen) atoms. The Kier molecular flexibility index (Phi) is 3.92. The second-order valence-electron chi connectivity index (χ2n) is 5.99. The monoisotopic (exact) mass is 259 g/mol. The van der Waals surface area contributed by atoms with Gasteiger partial charge in [-0.25, -0.2) is 0 Å². The van der Waals surface area contributed by atoms with Gasteiger partial charge in [0.1, 0.15) is 0 Å². The van der Waals surface area contributed by atoms with Crippen molar-refractivity contribution >= 4 is 12.6 Å². The van der Waals surface area contributed by atoms with Crippen molar-refractivity contribution in [2.45, 2.75) is 44.7 Å². The zero-order chi connectivity index (χ0) is 13.2. The van der Waals surface area contributed by atoms with Gasteiger partial charge in [-0.05, 0) is 49.2 Å². The number of hydrogen-bond acceptors (Lipinski definition) is 3. The van der Waals surface area contributed by atoms with Crippen molar-refractivity contribution in [1.82, 2.24) is 4.90 Å². The maximum absolute atomic E-state index is 9.25. The molecule has 1 aromatic rings. The highest BCUT2D eigenvalue weighted by molar-refractivity contribution is 6.58. The molecule has 2 atom stereocenters. The van der Waals surface area contributed by atoms with E-state index in [4.69, 9.17) is 0 Å². The standard InChI is InChI=1S/C15H22BNO2/c18-16(19)14-7-1-4-12(10-14)11-17-9-3-6-13-5-2-8-15(13)17/h1,4,7,10,13,15,18-19H,2-3,5-6,8-9,11H2. The van der Waals surface area contributed by atoms with E-state index in [1.54, 1.807) is 6.07 Å². The average Bonchev–Trinajstić information content (AvgIpc) is 2.88. The van der Waals surface area contributed by atoms with E-state index in [2.05, 4.69) is 11.0 Å². The highest BCUT2D eigenvalue weighted by Gasteiger charge is 2.34. The van der Waals surface area contributed by atoms with E-state index in [0.29, 0.717) is 5.46 Å². The Morgan fingerprint density at radius 3 is 2.84 bits per heavy atom. The molecule has 2 aliphatic rings. The fourth-order valence-electron chi connectivity index (χ4n) is 3.84. The Morgan fingerprint density at radius 1 is 1.16 bits per heavy atom. The third-order valence-corrected chi connectivity index (χ3v) is 4.74. The van der Waals surface area contributed by atoms with Crippen molar-refractivity contribution in [3.05, 3.63) is 29.8 Å². The number of piperidine rings is 1. The quantitative estimate of drug-likeness (QED) is 0.800. The molecule has 1 aliphatic carbocycles. The van der Waals surface area contributed by atoms with E-state index in [-0.39, 0.29) is 0 Å². The number of rotatable bonds is 3. The summed E-state index contributed by atoms with van der Waals surface area (Å²) in [6.45, 7) is 2.13. The molecule has 102 valence electrons. The molecule has 1 saturated carbocycles. The van der Waals surface area contributed by atoms with Crippen molar-refractivity contribution < 1.29 is 10.0 Å². The van der Waals surface area contributed by atoms with Crippen molar-refractivity contribution in [3.8, 4) is 0 Å². The van der Waals surface area contributed by atoms with E-state index in [1.807, 2.05) is 12.1 Å². The zero-order valence-corrected chi connectivity index (χ0v) is 11.3. The molecule has 0 radical (unpaired) electrons. The lowest BCUT2D eigenvalue weighted by molar-refractivity contribution is 0.106. The molecule has 3 rings (SSSR count). The van der Waals surface area contributed by atoms with Crippen LogP contribution in [0, 0.1) is 5.92 Å². The lowest BCUT2D eigenvalue weighted by Crippen LogP contribution is -2.42. The molecular formula is C15H22BNO2. The van der Waals surface area contributed by atoms with Crippen molar-refractivity contribution in [3.63, 3.8) is 0 Å². The molecule has 2 unspecified atom stereocenters. The van der Waals surface area contributed by atoms with E-state index >= 15 is 0 Å². The van der Waals surface area contributed by atoms with Gasteiger partial charge in [0.25, 0.3) is 0 Å². The minimum Gasteiger partial charge on any atom is -0.423 e. The molecule has 1 saturated heterocycles. The summed E-state index contributed by atoms with van der Waals surface area (Å²) in [6.07, 6.45) is 6.82. The molecule has 0 spiro atoms. The topological polar surface area (TPSA) is 43.7 Å². The third kappa shape index (κ3) is 2.86. The second-order valence-corrected chi connectivity index (χ2v) is 5.99. The first kappa shape index (κ1) is 13.2. The van der Waals surface area contributed by atoms with Gasteiger partial charge in [-0.1, -0.05) is 30.7 Å². The Bertz CT molecular complexity index is 438. The van der Waals surface area contributed by atoms with E-state index < -0.39 is 7.12 Å². The molecule has 4 heteroatoms. The van der Waals surface area contributed by atoms with E-state index in [0.717, 1.165) is 18.5 Å². The average molecular weight is 259 g/mol. The number of nitrogens with zero attached hydrogens (tertiary/aromatic N) is 1. The molecule has 3 nitrogen and oxygen atoms in total. The van der Waals surface area contributed by atoms with Crippen LogP contribution in [0.1, 0.15) is 37.7 Å². The van der Waals surface area contributed by atoms with Crippen LogP contribution in [0.25, 0.3) is 0 Å². The Balaban J connectivity index is 1.71. The summed E-state index contributed by atoms with van der Waals surface area (Å²) in [5.74, 6) is 0.903. The molecule has 1 aromatic carbocycles. The predicted octanol–water partition coefficient (Wildman–Crippen LogP) is 1.13. The summed E-state index contributed by atoms with van der Waals surface area (Å²) >= 11 is 0. The lowest BCUT2D eigenvalue weighted by atomic mass is 9.79. The maximum atomic E-state index is 9.25. The van der Waals surface area contributed by atoms with Crippen LogP contribution in [-0.4, -0.2) is 34.7 Å². The normalized spacial score (nSPS) is 27.3. The minimum atomic E-state index is -1.36. The summed E-state index contributed by atoms with van der Waals surface area (Å²) in [5, 5.41) is 18.5. The van der Waals surface area contributed by atoms with Gasteiger partial charge in [0.2, 0.25) is 0 Å². The van der Waals surface area contributed by atoms with Crippen LogP contribution in [0.3, 0.4) is 0 Å².